The van der Waals surface area contributed by atoms with E-state index in [1.807, 2.05) is 6.08 Å². The van der Waals surface area contributed by atoms with E-state index in [1.165, 1.54) is 11.1 Å². The lowest BCUT2D eigenvalue weighted by molar-refractivity contribution is 0.547. The zero-order valence-corrected chi connectivity index (χ0v) is 7.03. The largest absolute Gasteiger partial charge is 0.324 e. The Morgan fingerprint density at radius 2 is 2.25 bits per heavy atom. The summed E-state index contributed by atoms with van der Waals surface area (Å²) in [6.07, 6.45) is 2.95. The van der Waals surface area contributed by atoms with Crippen molar-refractivity contribution in [1.82, 2.24) is 0 Å². The molecular formula is C11H13N. The smallest absolute Gasteiger partial charge is 0.0294 e. The highest BCUT2D eigenvalue weighted by molar-refractivity contribution is 5.41. The van der Waals surface area contributed by atoms with Gasteiger partial charge in [0.05, 0.1) is 0 Å². The van der Waals surface area contributed by atoms with Gasteiger partial charge in [-0.15, -0.1) is 6.58 Å². The summed E-state index contributed by atoms with van der Waals surface area (Å²) in [5.41, 5.74) is 8.73. The molecule has 2 atom stereocenters. The highest BCUT2D eigenvalue weighted by Crippen LogP contribution is 2.36. The first-order valence-electron chi connectivity index (χ1n) is 4.29. The van der Waals surface area contributed by atoms with E-state index < -0.39 is 0 Å². The van der Waals surface area contributed by atoms with Crippen molar-refractivity contribution in [2.75, 3.05) is 0 Å². The van der Waals surface area contributed by atoms with Crippen molar-refractivity contribution in [3.05, 3.63) is 48.0 Å². The van der Waals surface area contributed by atoms with Crippen molar-refractivity contribution in [2.45, 2.75) is 18.4 Å². The maximum Gasteiger partial charge on any atom is 0.0294 e. The summed E-state index contributed by atoms with van der Waals surface area (Å²) < 4.78 is 0. The van der Waals surface area contributed by atoms with Gasteiger partial charge in [-0.05, 0) is 17.5 Å². The van der Waals surface area contributed by atoms with E-state index in [1.54, 1.807) is 0 Å². The summed E-state index contributed by atoms with van der Waals surface area (Å²) in [5.74, 6) is 0.513. The zero-order chi connectivity index (χ0) is 8.55. The van der Waals surface area contributed by atoms with E-state index in [4.69, 9.17) is 5.73 Å². The van der Waals surface area contributed by atoms with Crippen LogP contribution >= 0.6 is 0 Å². The number of hydrogen-bond donors (Lipinski definition) is 1. The van der Waals surface area contributed by atoms with Crippen LogP contribution in [0.5, 0.6) is 0 Å². The fraction of sp³-hybridized carbons (Fsp3) is 0.273. The van der Waals surface area contributed by atoms with E-state index in [0.29, 0.717) is 5.92 Å². The predicted molar refractivity (Wildman–Crippen MR) is 51.1 cm³/mol. The SMILES string of the molecule is C=CC(N)C1Cc2ccccc21. The second-order valence-corrected chi connectivity index (χ2v) is 3.32. The van der Waals surface area contributed by atoms with Crippen molar-refractivity contribution >= 4 is 0 Å². The fourth-order valence-electron chi connectivity index (χ4n) is 1.81. The van der Waals surface area contributed by atoms with Gasteiger partial charge < -0.3 is 5.73 Å². The standard InChI is InChI=1S/C11H13N/c1-2-11(12)10-7-8-5-3-4-6-9(8)10/h2-6,10-11H,1,7,12H2. The first-order valence-corrected chi connectivity index (χ1v) is 4.29. The molecule has 0 amide bonds. The number of nitrogens with two attached hydrogens (primary N) is 1. The molecule has 0 radical (unpaired) electrons. The van der Waals surface area contributed by atoms with Gasteiger partial charge in [0.1, 0.15) is 0 Å². The van der Waals surface area contributed by atoms with Gasteiger partial charge in [-0.1, -0.05) is 30.3 Å². The molecule has 1 aliphatic carbocycles. The van der Waals surface area contributed by atoms with E-state index in [9.17, 15) is 0 Å². The molecule has 0 bridgehead atoms. The third-order valence-electron chi connectivity index (χ3n) is 2.63. The van der Waals surface area contributed by atoms with Crippen LogP contribution in [-0.4, -0.2) is 6.04 Å². The van der Waals surface area contributed by atoms with Gasteiger partial charge in [0.2, 0.25) is 0 Å². The first-order chi connectivity index (χ1) is 5.83. The Hall–Kier alpha value is -1.08. The van der Waals surface area contributed by atoms with Crippen LogP contribution in [0.3, 0.4) is 0 Å². The van der Waals surface area contributed by atoms with Gasteiger partial charge in [-0.3, -0.25) is 0 Å². The predicted octanol–water partition coefficient (Wildman–Crippen LogP) is 1.84. The van der Waals surface area contributed by atoms with Gasteiger partial charge in [0.25, 0.3) is 0 Å². The summed E-state index contributed by atoms with van der Waals surface area (Å²) in [6.45, 7) is 3.71. The van der Waals surface area contributed by atoms with Crippen molar-refractivity contribution < 1.29 is 0 Å². The minimum Gasteiger partial charge on any atom is -0.324 e. The van der Waals surface area contributed by atoms with E-state index in [0.717, 1.165) is 6.42 Å². The Morgan fingerprint density at radius 3 is 2.92 bits per heavy atom. The molecule has 2 rings (SSSR count). The van der Waals surface area contributed by atoms with Crippen molar-refractivity contribution in [3.63, 3.8) is 0 Å². The molecule has 0 aromatic heterocycles. The fourth-order valence-corrected chi connectivity index (χ4v) is 1.81. The van der Waals surface area contributed by atoms with Crippen molar-refractivity contribution in [2.24, 2.45) is 5.73 Å². The molecule has 2 unspecified atom stereocenters. The summed E-state index contributed by atoms with van der Waals surface area (Å²) in [6, 6.07) is 8.60. The second-order valence-electron chi connectivity index (χ2n) is 3.32. The highest BCUT2D eigenvalue weighted by atomic mass is 14.6. The maximum absolute atomic E-state index is 5.88. The lowest BCUT2D eigenvalue weighted by Gasteiger charge is -2.33. The first kappa shape index (κ1) is 7.56. The molecule has 0 fully saturated rings. The topological polar surface area (TPSA) is 26.0 Å². The normalized spacial score (nSPS) is 22.2. The van der Waals surface area contributed by atoms with Crippen LogP contribution in [0.1, 0.15) is 17.0 Å². The number of fused-ring (bicyclic) bond motifs is 1. The summed E-state index contributed by atoms with van der Waals surface area (Å²) >= 11 is 0. The number of hydrogen-bond acceptors (Lipinski definition) is 1. The van der Waals surface area contributed by atoms with E-state index >= 15 is 0 Å². The number of benzene rings is 1. The molecule has 0 spiro atoms. The van der Waals surface area contributed by atoms with Crippen LogP contribution in [0.25, 0.3) is 0 Å². The van der Waals surface area contributed by atoms with Gasteiger partial charge in [0.15, 0.2) is 0 Å². The van der Waals surface area contributed by atoms with Gasteiger partial charge in [0, 0.05) is 12.0 Å². The molecule has 1 nitrogen and oxygen atoms in total. The summed E-state index contributed by atoms with van der Waals surface area (Å²) in [7, 11) is 0. The molecule has 0 saturated heterocycles. The number of rotatable bonds is 2. The van der Waals surface area contributed by atoms with Crippen LogP contribution in [-0.2, 0) is 6.42 Å². The average molecular weight is 159 g/mol. The second kappa shape index (κ2) is 2.76. The van der Waals surface area contributed by atoms with E-state index in [-0.39, 0.29) is 6.04 Å². The molecule has 0 aliphatic heterocycles. The minimum atomic E-state index is 0.125. The molecule has 1 aromatic carbocycles. The Morgan fingerprint density at radius 1 is 1.50 bits per heavy atom. The Labute approximate surface area is 72.9 Å². The molecule has 0 heterocycles. The molecule has 1 aliphatic rings. The molecule has 0 saturated carbocycles. The Kier molecular flexibility index (Phi) is 1.74. The zero-order valence-electron chi connectivity index (χ0n) is 7.03. The average Bonchev–Trinajstić information content (AvgIpc) is 2.07. The third kappa shape index (κ3) is 0.978. The van der Waals surface area contributed by atoms with Crippen LogP contribution in [0, 0.1) is 0 Å². The molecule has 62 valence electrons. The lowest BCUT2D eigenvalue weighted by atomic mass is 9.74. The third-order valence-corrected chi connectivity index (χ3v) is 2.63. The maximum atomic E-state index is 5.88. The summed E-state index contributed by atoms with van der Waals surface area (Å²) in [5, 5.41) is 0. The van der Waals surface area contributed by atoms with Crippen LogP contribution < -0.4 is 5.73 Å². The molecular weight excluding hydrogens is 146 g/mol. The molecule has 1 aromatic rings. The Balaban J connectivity index is 2.25. The van der Waals surface area contributed by atoms with Gasteiger partial charge >= 0.3 is 0 Å². The van der Waals surface area contributed by atoms with Gasteiger partial charge in [-0.25, -0.2) is 0 Å². The van der Waals surface area contributed by atoms with E-state index in [2.05, 4.69) is 30.8 Å². The van der Waals surface area contributed by atoms with Crippen molar-refractivity contribution in [1.29, 1.82) is 0 Å². The van der Waals surface area contributed by atoms with Crippen molar-refractivity contribution in [3.8, 4) is 0 Å². The summed E-state index contributed by atoms with van der Waals surface area (Å²) in [4.78, 5) is 0. The molecule has 12 heavy (non-hydrogen) atoms. The van der Waals surface area contributed by atoms with Crippen LogP contribution in [0.2, 0.25) is 0 Å². The molecule has 2 N–H and O–H groups in total. The highest BCUT2D eigenvalue weighted by Gasteiger charge is 2.28. The molecule has 1 heteroatoms. The van der Waals surface area contributed by atoms with Crippen LogP contribution in [0.4, 0.5) is 0 Å². The quantitative estimate of drug-likeness (QED) is 0.655. The van der Waals surface area contributed by atoms with Crippen LogP contribution in [0.15, 0.2) is 36.9 Å². The monoisotopic (exact) mass is 159 g/mol. The lowest BCUT2D eigenvalue weighted by Crippen LogP contribution is -2.33. The Bertz CT molecular complexity index is 304. The minimum absolute atomic E-state index is 0.125. The van der Waals surface area contributed by atoms with Gasteiger partial charge in [-0.2, -0.15) is 0 Å².